The summed E-state index contributed by atoms with van der Waals surface area (Å²) in [6.07, 6.45) is 1.64. The van der Waals surface area contributed by atoms with Crippen molar-refractivity contribution in [2.45, 2.75) is 39.7 Å². The lowest BCUT2D eigenvalue weighted by atomic mass is 10.2. The number of ether oxygens (including phenoxy) is 2. The molecule has 12 heteroatoms. The molecule has 0 radical (unpaired) electrons. The molecule has 0 saturated heterocycles. The highest BCUT2D eigenvalue weighted by Crippen LogP contribution is 2.35. The molecule has 2 heterocycles. The minimum Gasteiger partial charge on any atom is -0.456 e. The highest BCUT2D eigenvalue weighted by atomic mass is 32.1. The number of nitrogens with one attached hydrogen (secondary N) is 4. The molecular weight excluding hydrogens is 561 g/mol. The van der Waals surface area contributed by atoms with E-state index >= 15 is 0 Å². The fourth-order valence-electron chi connectivity index (χ4n) is 3.74. The smallest absolute Gasteiger partial charge is 0.407 e. The molecular formula is C30H32FN5O5S. The summed E-state index contributed by atoms with van der Waals surface area (Å²) in [5.74, 6) is 0.263. The summed E-state index contributed by atoms with van der Waals surface area (Å²) in [4.78, 5) is 41.6. The molecule has 10 nitrogen and oxygen atoms in total. The van der Waals surface area contributed by atoms with Crippen molar-refractivity contribution in [1.29, 1.82) is 0 Å². The van der Waals surface area contributed by atoms with Crippen molar-refractivity contribution in [3.8, 4) is 11.5 Å². The predicted molar refractivity (Wildman–Crippen MR) is 161 cm³/mol. The van der Waals surface area contributed by atoms with Crippen molar-refractivity contribution in [1.82, 2.24) is 15.6 Å². The normalized spacial score (nSPS) is 11.1. The van der Waals surface area contributed by atoms with Crippen LogP contribution in [0.1, 0.15) is 42.4 Å². The Morgan fingerprint density at radius 1 is 0.952 bits per heavy atom. The van der Waals surface area contributed by atoms with Crippen molar-refractivity contribution < 1.29 is 28.2 Å². The molecule has 0 aliphatic rings. The van der Waals surface area contributed by atoms with Crippen molar-refractivity contribution >= 4 is 51.0 Å². The van der Waals surface area contributed by atoms with E-state index in [1.54, 1.807) is 82.4 Å². The van der Waals surface area contributed by atoms with Gasteiger partial charge in [-0.05, 0) is 82.1 Å². The number of urea groups is 1. The third-order valence-corrected chi connectivity index (χ3v) is 6.75. The summed E-state index contributed by atoms with van der Waals surface area (Å²) in [5, 5.41) is 10.7. The molecule has 0 atom stereocenters. The van der Waals surface area contributed by atoms with Gasteiger partial charge in [0.05, 0.1) is 20.8 Å². The van der Waals surface area contributed by atoms with Gasteiger partial charge in [0.1, 0.15) is 22.9 Å². The van der Waals surface area contributed by atoms with Gasteiger partial charge in [-0.15, -0.1) is 11.3 Å². The third kappa shape index (κ3) is 8.64. The number of thiophene rings is 1. The molecule has 4 aromatic rings. The Morgan fingerprint density at radius 3 is 2.43 bits per heavy atom. The SMILES string of the molecule is Cc1ccc(F)c(NC(=O)Nc2ccc(Oc3ccnc4cc(C(=O)NCCCNC(=O)OC(C)(C)C)sc34)cc2)c1. The van der Waals surface area contributed by atoms with Crippen LogP contribution in [0, 0.1) is 12.7 Å². The van der Waals surface area contributed by atoms with Crippen LogP contribution in [0.4, 0.5) is 25.4 Å². The van der Waals surface area contributed by atoms with E-state index in [4.69, 9.17) is 9.47 Å². The lowest BCUT2D eigenvalue weighted by molar-refractivity contribution is 0.0527. The van der Waals surface area contributed by atoms with Crippen LogP contribution in [0.3, 0.4) is 0 Å². The number of carbonyl (C=O) groups excluding carboxylic acids is 3. The average Bonchev–Trinajstić information content (AvgIpc) is 3.36. The maximum Gasteiger partial charge on any atom is 0.407 e. The van der Waals surface area contributed by atoms with Crippen LogP contribution >= 0.6 is 11.3 Å². The maximum atomic E-state index is 13.9. The van der Waals surface area contributed by atoms with Gasteiger partial charge in [0.25, 0.3) is 5.91 Å². The summed E-state index contributed by atoms with van der Waals surface area (Å²) in [6, 6.07) is 14.0. The number of aromatic nitrogens is 1. The van der Waals surface area contributed by atoms with Crippen LogP contribution in [0.25, 0.3) is 10.2 Å². The standard InChI is InChI=1S/C30H32FN5O5S/c1-18-6-11-21(31)22(16-18)36-28(38)35-19-7-9-20(10-8-19)40-24-12-15-32-23-17-25(42-26(23)24)27(37)33-13-5-14-34-29(39)41-30(2,3)4/h6-12,15-17H,5,13-14H2,1-4H3,(H,33,37)(H,34,39)(H2,35,36,38). The lowest BCUT2D eigenvalue weighted by Gasteiger charge is -2.19. The number of alkyl carbamates (subject to hydrolysis) is 1. The quantitative estimate of drug-likeness (QED) is 0.158. The summed E-state index contributed by atoms with van der Waals surface area (Å²) >= 11 is 1.26. The largest absolute Gasteiger partial charge is 0.456 e. The van der Waals surface area contributed by atoms with E-state index in [-0.39, 0.29) is 11.6 Å². The molecule has 0 unspecified atom stereocenters. The minimum atomic E-state index is -0.576. The highest BCUT2D eigenvalue weighted by Gasteiger charge is 2.17. The van der Waals surface area contributed by atoms with Gasteiger partial charge in [-0.1, -0.05) is 6.07 Å². The number of pyridine rings is 1. The van der Waals surface area contributed by atoms with Gasteiger partial charge in [-0.25, -0.2) is 14.0 Å². The van der Waals surface area contributed by atoms with Crippen LogP contribution in [-0.2, 0) is 4.74 Å². The molecule has 2 aromatic heterocycles. The molecule has 0 spiro atoms. The Hall–Kier alpha value is -4.71. The van der Waals surface area contributed by atoms with Crippen LogP contribution in [0.15, 0.2) is 60.8 Å². The number of hydrogen-bond donors (Lipinski definition) is 4. The van der Waals surface area contributed by atoms with Crippen LogP contribution < -0.4 is 26.0 Å². The third-order valence-electron chi connectivity index (χ3n) is 5.62. The number of anilines is 2. The lowest BCUT2D eigenvalue weighted by Crippen LogP contribution is -2.34. The number of carbonyl (C=O) groups is 3. The minimum absolute atomic E-state index is 0.0911. The topological polar surface area (TPSA) is 131 Å². The molecule has 2 aromatic carbocycles. The van der Waals surface area contributed by atoms with Crippen molar-refractivity contribution in [2.75, 3.05) is 23.7 Å². The fourth-order valence-corrected chi connectivity index (χ4v) is 4.72. The number of nitrogens with zero attached hydrogens (tertiary/aromatic N) is 1. The van der Waals surface area contributed by atoms with Crippen LogP contribution in [0.2, 0.25) is 0 Å². The molecule has 0 aliphatic carbocycles. The van der Waals surface area contributed by atoms with Gasteiger partial charge in [0.2, 0.25) is 0 Å². The Labute approximate surface area is 246 Å². The van der Waals surface area contributed by atoms with Crippen molar-refractivity contribution in [3.05, 3.63) is 77.1 Å². The van der Waals surface area contributed by atoms with E-state index < -0.39 is 23.5 Å². The first-order valence-corrected chi connectivity index (χ1v) is 14.0. The van der Waals surface area contributed by atoms with E-state index in [9.17, 15) is 18.8 Å². The number of rotatable bonds is 9. The number of amides is 4. The van der Waals surface area contributed by atoms with E-state index in [0.717, 1.165) is 5.56 Å². The zero-order valence-corrected chi connectivity index (χ0v) is 24.5. The van der Waals surface area contributed by atoms with E-state index in [1.165, 1.54) is 17.4 Å². The number of fused-ring (bicyclic) bond motifs is 1. The van der Waals surface area contributed by atoms with Gasteiger partial charge in [-0.2, -0.15) is 0 Å². The Bertz CT molecular complexity index is 1580. The number of halogens is 1. The molecule has 0 fully saturated rings. The molecule has 0 aliphatic heterocycles. The second-order valence-electron chi connectivity index (χ2n) is 10.4. The first kappa shape index (κ1) is 30.3. The predicted octanol–water partition coefficient (Wildman–Crippen LogP) is 6.82. The summed E-state index contributed by atoms with van der Waals surface area (Å²) in [7, 11) is 0. The van der Waals surface area contributed by atoms with Crippen molar-refractivity contribution in [2.24, 2.45) is 0 Å². The van der Waals surface area contributed by atoms with Crippen molar-refractivity contribution in [3.63, 3.8) is 0 Å². The van der Waals surface area contributed by atoms with E-state index in [0.29, 0.717) is 51.8 Å². The fraction of sp³-hybridized carbons (Fsp3) is 0.267. The first-order chi connectivity index (χ1) is 20.0. The van der Waals surface area contributed by atoms with Gasteiger partial charge in [-0.3, -0.25) is 9.78 Å². The summed E-state index contributed by atoms with van der Waals surface area (Å²) < 4.78 is 25.9. The highest BCUT2D eigenvalue weighted by molar-refractivity contribution is 7.21. The Kier molecular flexibility index (Phi) is 9.58. The summed E-state index contributed by atoms with van der Waals surface area (Å²) in [5.41, 5.74) is 1.45. The first-order valence-electron chi connectivity index (χ1n) is 13.2. The molecule has 4 N–H and O–H groups in total. The molecule has 4 rings (SSSR count). The molecule has 0 bridgehead atoms. The van der Waals surface area contributed by atoms with Gasteiger partial charge >= 0.3 is 12.1 Å². The molecule has 4 amide bonds. The van der Waals surface area contributed by atoms with Gasteiger partial charge in [0, 0.05) is 31.0 Å². The molecule has 42 heavy (non-hydrogen) atoms. The monoisotopic (exact) mass is 593 g/mol. The Balaban J connectivity index is 1.30. The van der Waals surface area contributed by atoms with Crippen LogP contribution in [0.5, 0.6) is 11.5 Å². The number of hydrogen-bond acceptors (Lipinski definition) is 7. The Morgan fingerprint density at radius 2 is 1.69 bits per heavy atom. The molecule has 0 saturated carbocycles. The second-order valence-corrected chi connectivity index (χ2v) is 11.4. The summed E-state index contributed by atoms with van der Waals surface area (Å²) in [6.45, 7) is 7.91. The van der Waals surface area contributed by atoms with E-state index in [2.05, 4.69) is 26.3 Å². The average molecular weight is 594 g/mol. The van der Waals surface area contributed by atoms with E-state index in [1.807, 2.05) is 0 Å². The zero-order valence-electron chi connectivity index (χ0n) is 23.7. The zero-order chi connectivity index (χ0) is 30.3. The maximum absolute atomic E-state index is 13.9. The van der Waals surface area contributed by atoms with Gasteiger partial charge < -0.3 is 30.7 Å². The van der Waals surface area contributed by atoms with Crippen LogP contribution in [-0.4, -0.2) is 41.7 Å². The number of aryl methyl sites for hydroxylation is 1. The van der Waals surface area contributed by atoms with Gasteiger partial charge in [0.15, 0.2) is 0 Å². The number of benzene rings is 2. The molecule has 220 valence electrons. The second kappa shape index (κ2) is 13.3.